The van der Waals surface area contributed by atoms with Crippen LogP contribution in [-0.2, 0) is 16.7 Å². The molecule has 0 radical (unpaired) electrons. The Labute approximate surface area is 185 Å². The van der Waals surface area contributed by atoms with Gasteiger partial charge in [-0.25, -0.2) is 4.79 Å². The van der Waals surface area contributed by atoms with Crippen molar-refractivity contribution in [3.05, 3.63) is 70.2 Å². The van der Waals surface area contributed by atoms with Gasteiger partial charge in [0.05, 0.1) is 0 Å². The summed E-state index contributed by atoms with van der Waals surface area (Å²) >= 11 is 6.16. The SMILES string of the molecule is CNCc1cccc(C(CNC(=O)OC(C)(C)C)C2(c3ccc(Cl)cc3)CCC2)c1. The predicted octanol–water partition coefficient (Wildman–Crippen LogP) is 5.79. The van der Waals surface area contributed by atoms with Gasteiger partial charge in [0.2, 0.25) is 0 Å². The van der Waals surface area contributed by atoms with Gasteiger partial charge in [0, 0.05) is 29.4 Å². The Hall–Kier alpha value is -2.04. The van der Waals surface area contributed by atoms with Crippen LogP contribution in [0.2, 0.25) is 5.02 Å². The quantitative estimate of drug-likeness (QED) is 0.586. The lowest BCUT2D eigenvalue weighted by atomic mass is 9.56. The van der Waals surface area contributed by atoms with E-state index in [1.165, 1.54) is 23.1 Å². The molecule has 1 fully saturated rings. The van der Waals surface area contributed by atoms with Crippen LogP contribution in [0.3, 0.4) is 0 Å². The van der Waals surface area contributed by atoms with Crippen LogP contribution in [0.25, 0.3) is 0 Å². The van der Waals surface area contributed by atoms with Gasteiger partial charge in [-0.3, -0.25) is 0 Å². The molecule has 0 aromatic heterocycles. The molecular formula is C25H33ClN2O2. The van der Waals surface area contributed by atoms with Gasteiger partial charge in [-0.15, -0.1) is 0 Å². The number of benzene rings is 2. The van der Waals surface area contributed by atoms with E-state index in [4.69, 9.17) is 16.3 Å². The second-order valence-corrected chi connectivity index (χ2v) is 9.66. The highest BCUT2D eigenvalue weighted by atomic mass is 35.5. The molecule has 5 heteroatoms. The molecule has 0 heterocycles. The van der Waals surface area contributed by atoms with E-state index in [9.17, 15) is 4.79 Å². The van der Waals surface area contributed by atoms with Crippen LogP contribution in [0, 0.1) is 0 Å². The predicted molar refractivity (Wildman–Crippen MR) is 123 cm³/mol. The Morgan fingerprint density at radius 2 is 1.87 bits per heavy atom. The van der Waals surface area contributed by atoms with Gasteiger partial charge in [-0.2, -0.15) is 0 Å². The highest BCUT2D eigenvalue weighted by Gasteiger charge is 2.46. The number of amides is 1. The number of rotatable bonds is 7. The highest BCUT2D eigenvalue weighted by molar-refractivity contribution is 6.30. The summed E-state index contributed by atoms with van der Waals surface area (Å²) in [7, 11) is 1.95. The van der Waals surface area contributed by atoms with Crippen LogP contribution in [-0.4, -0.2) is 25.3 Å². The number of halogens is 1. The normalized spacial score (nSPS) is 16.4. The second kappa shape index (κ2) is 9.40. The van der Waals surface area contributed by atoms with Gasteiger partial charge < -0.3 is 15.4 Å². The Morgan fingerprint density at radius 3 is 2.43 bits per heavy atom. The first-order valence-electron chi connectivity index (χ1n) is 10.7. The topological polar surface area (TPSA) is 50.4 Å². The van der Waals surface area contributed by atoms with E-state index < -0.39 is 5.60 Å². The maximum Gasteiger partial charge on any atom is 0.407 e. The zero-order chi connectivity index (χ0) is 21.8. The molecule has 1 aliphatic carbocycles. The van der Waals surface area contributed by atoms with E-state index in [0.29, 0.717) is 6.54 Å². The van der Waals surface area contributed by atoms with Crippen molar-refractivity contribution in [3.63, 3.8) is 0 Å². The first-order valence-corrected chi connectivity index (χ1v) is 11.1. The number of nitrogens with one attached hydrogen (secondary N) is 2. The third-order valence-electron chi connectivity index (χ3n) is 5.92. The summed E-state index contributed by atoms with van der Waals surface area (Å²) in [6, 6.07) is 16.9. The fraction of sp³-hybridized carbons (Fsp3) is 0.480. The molecule has 0 bridgehead atoms. The number of hydrogen-bond donors (Lipinski definition) is 2. The van der Waals surface area contributed by atoms with Gasteiger partial charge in [0.25, 0.3) is 0 Å². The van der Waals surface area contributed by atoms with Crippen LogP contribution in [0.5, 0.6) is 0 Å². The molecule has 1 saturated carbocycles. The van der Waals surface area contributed by atoms with Gasteiger partial charge in [0.1, 0.15) is 5.60 Å². The molecule has 1 unspecified atom stereocenters. The molecule has 0 aliphatic heterocycles. The molecule has 3 rings (SSSR count). The molecule has 2 aromatic rings. The molecule has 2 N–H and O–H groups in total. The van der Waals surface area contributed by atoms with Crippen molar-refractivity contribution < 1.29 is 9.53 Å². The van der Waals surface area contributed by atoms with Gasteiger partial charge >= 0.3 is 6.09 Å². The minimum Gasteiger partial charge on any atom is -0.444 e. The van der Waals surface area contributed by atoms with Crippen LogP contribution < -0.4 is 10.6 Å². The van der Waals surface area contributed by atoms with E-state index in [1.54, 1.807) is 0 Å². The molecule has 4 nitrogen and oxygen atoms in total. The fourth-order valence-corrected chi connectivity index (χ4v) is 4.56. The summed E-state index contributed by atoms with van der Waals surface area (Å²) in [5.74, 6) is 0.150. The molecule has 1 aliphatic rings. The van der Waals surface area contributed by atoms with Crippen LogP contribution in [0.15, 0.2) is 48.5 Å². The van der Waals surface area contributed by atoms with Crippen LogP contribution in [0.1, 0.15) is 62.6 Å². The second-order valence-electron chi connectivity index (χ2n) is 9.23. The molecule has 0 spiro atoms. The lowest BCUT2D eigenvalue weighted by Crippen LogP contribution is -2.46. The van der Waals surface area contributed by atoms with Crippen molar-refractivity contribution in [1.29, 1.82) is 0 Å². The summed E-state index contributed by atoms with van der Waals surface area (Å²) in [5.41, 5.74) is 3.23. The van der Waals surface area contributed by atoms with Crippen molar-refractivity contribution in [2.45, 2.75) is 63.5 Å². The van der Waals surface area contributed by atoms with Crippen molar-refractivity contribution in [1.82, 2.24) is 10.6 Å². The van der Waals surface area contributed by atoms with Crippen LogP contribution >= 0.6 is 11.6 Å². The molecule has 162 valence electrons. The Kier molecular flexibility index (Phi) is 7.10. The summed E-state index contributed by atoms with van der Waals surface area (Å²) < 4.78 is 5.49. The largest absolute Gasteiger partial charge is 0.444 e. The summed E-state index contributed by atoms with van der Waals surface area (Å²) in [4.78, 5) is 12.4. The van der Waals surface area contributed by atoms with E-state index in [0.717, 1.165) is 24.4 Å². The number of carbonyl (C=O) groups excluding carboxylic acids is 1. The average molecular weight is 429 g/mol. The minimum atomic E-state index is -0.517. The number of ether oxygens (including phenoxy) is 1. The van der Waals surface area contributed by atoms with Crippen molar-refractivity contribution in [3.8, 4) is 0 Å². The molecule has 2 aromatic carbocycles. The Morgan fingerprint density at radius 1 is 1.17 bits per heavy atom. The highest BCUT2D eigenvalue weighted by Crippen LogP contribution is 2.53. The summed E-state index contributed by atoms with van der Waals surface area (Å²) in [6.45, 7) is 6.99. The summed E-state index contributed by atoms with van der Waals surface area (Å²) in [5, 5.41) is 7.01. The number of carbonyl (C=O) groups is 1. The van der Waals surface area contributed by atoms with E-state index in [-0.39, 0.29) is 17.4 Å². The zero-order valence-electron chi connectivity index (χ0n) is 18.4. The van der Waals surface area contributed by atoms with Crippen molar-refractivity contribution >= 4 is 17.7 Å². The monoisotopic (exact) mass is 428 g/mol. The third kappa shape index (κ3) is 5.35. The molecular weight excluding hydrogens is 396 g/mol. The maximum atomic E-state index is 12.4. The maximum absolute atomic E-state index is 12.4. The van der Waals surface area contributed by atoms with E-state index >= 15 is 0 Å². The average Bonchev–Trinajstić information content (AvgIpc) is 2.64. The molecule has 1 atom stereocenters. The standard InChI is InChI=1S/C25H33ClN2O2/c1-24(2,3)30-23(29)28-17-22(19-8-5-7-18(15-19)16-27-4)25(13-6-14-25)20-9-11-21(26)12-10-20/h5,7-12,15,22,27H,6,13-14,16-17H2,1-4H3,(H,28,29). The lowest BCUT2D eigenvalue weighted by Gasteiger charge is -2.49. The number of alkyl carbamates (subject to hydrolysis) is 1. The minimum absolute atomic E-state index is 0.0160. The first-order chi connectivity index (χ1) is 14.2. The summed E-state index contributed by atoms with van der Waals surface area (Å²) in [6.07, 6.45) is 2.99. The van der Waals surface area contributed by atoms with Gasteiger partial charge in [-0.1, -0.05) is 54.4 Å². The van der Waals surface area contributed by atoms with Crippen LogP contribution in [0.4, 0.5) is 4.79 Å². The van der Waals surface area contributed by atoms with E-state index in [1.807, 2.05) is 40.0 Å². The zero-order valence-corrected chi connectivity index (χ0v) is 19.2. The van der Waals surface area contributed by atoms with E-state index in [2.05, 4.69) is 47.0 Å². The number of hydrogen-bond acceptors (Lipinski definition) is 3. The molecule has 1 amide bonds. The first kappa shape index (κ1) is 22.6. The fourth-order valence-electron chi connectivity index (χ4n) is 4.43. The third-order valence-corrected chi connectivity index (χ3v) is 6.17. The molecule has 0 saturated heterocycles. The molecule has 30 heavy (non-hydrogen) atoms. The van der Waals surface area contributed by atoms with Crippen molar-refractivity contribution in [2.75, 3.05) is 13.6 Å². The van der Waals surface area contributed by atoms with Gasteiger partial charge in [0.15, 0.2) is 0 Å². The van der Waals surface area contributed by atoms with Crippen molar-refractivity contribution in [2.24, 2.45) is 0 Å². The Balaban J connectivity index is 1.93. The lowest BCUT2D eigenvalue weighted by molar-refractivity contribution is 0.0511. The smallest absolute Gasteiger partial charge is 0.407 e. The Bertz CT molecular complexity index is 854. The van der Waals surface area contributed by atoms with Gasteiger partial charge in [-0.05, 0) is 69.5 Å².